The second-order valence-corrected chi connectivity index (χ2v) is 4.46. The van der Waals surface area contributed by atoms with Gasteiger partial charge in [0.05, 0.1) is 5.92 Å². The maximum atomic E-state index is 13.6. The number of halogens is 5. The van der Waals surface area contributed by atoms with E-state index in [4.69, 9.17) is 0 Å². The molecule has 0 aliphatic carbocycles. The molecule has 0 bridgehead atoms. The van der Waals surface area contributed by atoms with Crippen LogP contribution < -0.4 is 10.2 Å². The molecule has 7 heteroatoms. The largest absolute Gasteiger partial charge is 0.394 e. The van der Waals surface area contributed by atoms with E-state index in [1.807, 2.05) is 0 Å². The van der Waals surface area contributed by atoms with Gasteiger partial charge in [-0.1, -0.05) is 6.07 Å². The normalized spacial score (nSPS) is 21.3. The first-order valence-electron chi connectivity index (χ1n) is 5.86. The fraction of sp³-hybridized carbons (Fsp3) is 0.500. The van der Waals surface area contributed by atoms with Crippen LogP contribution in [0.15, 0.2) is 18.2 Å². The summed E-state index contributed by atoms with van der Waals surface area (Å²) in [5.41, 5.74) is -0.388. The molecule has 1 aliphatic heterocycles. The number of nitrogens with one attached hydrogen (secondary N) is 1. The molecule has 1 saturated heterocycles. The van der Waals surface area contributed by atoms with Crippen LogP contribution in [0.2, 0.25) is 0 Å². The lowest BCUT2D eigenvalue weighted by Crippen LogP contribution is -2.38. The molecule has 1 aromatic carbocycles. The zero-order valence-corrected chi connectivity index (χ0v) is 9.97. The zero-order chi connectivity index (χ0) is 14.0. The topological polar surface area (TPSA) is 15.3 Å². The van der Waals surface area contributed by atoms with Crippen molar-refractivity contribution in [2.24, 2.45) is 5.92 Å². The van der Waals surface area contributed by atoms with Crippen LogP contribution in [0.1, 0.15) is 0 Å². The van der Waals surface area contributed by atoms with Crippen molar-refractivity contribution in [3.8, 4) is 0 Å². The Bertz CT molecular complexity index is 426. The van der Waals surface area contributed by atoms with Gasteiger partial charge in [0.1, 0.15) is 17.3 Å². The lowest BCUT2D eigenvalue weighted by molar-refractivity contribution is -0.169. The van der Waals surface area contributed by atoms with E-state index >= 15 is 0 Å². The molecule has 1 unspecified atom stereocenters. The summed E-state index contributed by atoms with van der Waals surface area (Å²) in [5.74, 6) is -3.33. The van der Waals surface area contributed by atoms with E-state index in [1.165, 1.54) is 6.07 Å². The number of benzene rings is 1. The first kappa shape index (κ1) is 14.0. The summed E-state index contributed by atoms with van der Waals surface area (Å²) in [7, 11) is 0. The van der Waals surface area contributed by atoms with Gasteiger partial charge in [-0.05, 0) is 12.1 Å². The molecular weight excluding hydrogens is 267 g/mol. The van der Waals surface area contributed by atoms with E-state index in [0.717, 1.165) is 17.0 Å². The number of alkyl halides is 3. The number of rotatable bonds is 1. The van der Waals surface area contributed by atoms with Crippen molar-refractivity contribution in [1.82, 2.24) is 5.32 Å². The first-order valence-corrected chi connectivity index (χ1v) is 5.86. The van der Waals surface area contributed by atoms with Gasteiger partial charge in [-0.25, -0.2) is 8.78 Å². The third-order valence-electron chi connectivity index (χ3n) is 3.11. The van der Waals surface area contributed by atoms with Crippen LogP contribution in [0.4, 0.5) is 27.6 Å². The number of nitrogens with zero attached hydrogens (tertiary/aromatic N) is 1. The average molecular weight is 280 g/mol. The predicted molar refractivity (Wildman–Crippen MR) is 61.0 cm³/mol. The quantitative estimate of drug-likeness (QED) is 0.795. The van der Waals surface area contributed by atoms with E-state index in [9.17, 15) is 22.0 Å². The highest BCUT2D eigenvalue weighted by molar-refractivity contribution is 5.49. The highest BCUT2D eigenvalue weighted by Crippen LogP contribution is 2.31. The van der Waals surface area contributed by atoms with E-state index in [1.54, 1.807) is 0 Å². The van der Waals surface area contributed by atoms with Crippen molar-refractivity contribution in [3.63, 3.8) is 0 Å². The molecule has 1 heterocycles. The minimum Gasteiger partial charge on any atom is -0.365 e. The Hall–Kier alpha value is -1.37. The van der Waals surface area contributed by atoms with E-state index in [2.05, 4.69) is 5.32 Å². The second-order valence-electron chi connectivity index (χ2n) is 4.46. The molecule has 0 amide bonds. The third kappa shape index (κ3) is 3.15. The highest BCUT2D eigenvalue weighted by atomic mass is 19.4. The summed E-state index contributed by atoms with van der Waals surface area (Å²) in [6.45, 7) is -0.310. The molecule has 1 fully saturated rings. The van der Waals surface area contributed by atoms with Gasteiger partial charge in [0.2, 0.25) is 0 Å². The molecule has 0 radical (unpaired) electrons. The third-order valence-corrected chi connectivity index (χ3v) is 3.11. The van der Waals surface area contributed by atoms with Gasteiger partial charge >= 0.3 is 6.18 Å². The van der Waals surface area contributed by atoms with Crippen molar-refractivity contribution < 1.29 is 22.0 Å². The predicted octanol–water partition coefficient (Wildman–Crippen LogP) is 2.55. The minimum atomic E-state index is -4.39. The van der Waals surface area contributed by atoms with Crippen molar-refractivity contribution in [2.45, 2.75) is 6.18 Å². The maximum Gasteiger partial charge on any atom is 0.394 e. The van der Waals surface area contributed by atoms with Gasteiger partial charge in [0.15, 0.2) is 0 Å². The Labute approximate surface area is 107 Å². The Kier molecular flexibility index (Phi) is 3.93. The summed E-state index contributed by atoms with van der Waals surface area (Å²) < 4.78 is 65.5. The van der Waals surface area contributed by atoms with Crippen molar-refractivity contribution >= 4 is 5.69 Å². The Morgan fingerprint density at radius 3 is 2.37 bits per heavy atom. The van der Waals surface area contributed by atoms with Gasteiger partial charge in [-0.2, -0.15) is 13.2 Å². The lowest BCUT2D eigenvalue weighted by atomic mass is 10.1. The van der Waals surface area contributed by atoms with Gasteiger partial charge in [-0.15, -0.1) is 0 Å². The molecule has 1 atom stereocenters. The standard InChI is InChI=1S/C12H13F5N2/c13-9-2-1-3-10(14)11(9)19-5-4-18-6-8(7-19)12(15,16)17/h1-3,8,18H,4-7H2. The summed E-state index contributed by atoms with van der Waals surface area (Å²) in [6, 6.07) is 3.27. The Morgan fingerprint density at radius 1 is 1.16 bits per heavy atom. The molecule has 2 nitrogen and oxygen atoms in total. The fourth-order valence-electron chi connectivity index (χ4n) is 2.13. The number of anilines is 1. The minimum absolute atomic E-state index is 0.129. The lowest BCUT2D eigenvalue weighted by Gasteiger charge is -2.27. The molecule has 2 rings (SSSR count). The molecule has 0 spiro atoms. The van der Waals surface area contributed by atoms with E-state index in [-0.39, 0.29) is 25.3 Å². The molecule has 1 N–H and O–H groups in total. The van der Waals surface area contributed by atoms with Crippen LogP contribution in [0, 0.1) is 17.6 Å². The zero-order valence-electron chi connectivity index (χ0n) is 9.97. The molecule has 19 heavy (non-hydrogen) atoms. The Morgan fingerprint density at radius 2 is 1.79 bits per heavy atom. The molecule has 0 saturated carbocycles. The van der Waals surface area contributed by atoms with E-state index in [0.29, 0.717) is 0 Å². The maximum absolute atomic E-state index is 13.6. The van der Waals surface area contributed by atoms with Gasteiger partial charge in [0.25, 0.3) is 0 Å². The second kappa shape index (κ2) is 5.32. The molecule has 106 valence electrons. The van der Waals surface area contributed by atoms with Crippen LogP contribution in [-0.4, -0.2) is 32.4 Å². The smallest absolute Gasteiger partial charge is 0.365 e. The number of hydrogen-bond donors (Lipinski definition) is 1. The van der Waals surface area contributed by atoms with Crippen molar-refractivity contribution in [3.05, 3.63) is 29.8 Å². The van der Waals surface area contributed by atoms with Crippen LogP contribution in [0.3, 0.4) is 0 Å². The molecule has 1 aliphatic rings. The summed E-state index contributed by atoms with van der Waals surface area (Å²) in [5, 5.41) is 2.64. The average Bonchev–Trinajstić information content (AvgIpc) is 2.54. The summed E-state index contributed by atoms with van der Waals surface area (Å²) >= 11 is 0. The van der Waals surface area contributed by atoms with Crippen LogP contribution >= 0.6 is 0 Å². The van der Waals surface area contributed by atoms with Crippen molar-refractivity contribution in [1.29, 1.82) is 0 Å². The van der Waals surface area contributed by atoms with Gasteiger partial charge in [0, 0.05) is 26.2 Å². The molecule has 0 aromatic heterocycles. The highest BCUT2D eigenvalue weighted by Gasteiger charge is 2.41. The summed E-state index contributed by atoms with van der Waals surface area (Å²) in [4.78, 5) is 1.11. The van der Waals surface area contributed by atoms with Gasteiger partial charge in [-0.3, -0.25) is 0 Å². The first-order chi connectivity index (χ1) is 8.89. The van der Waals surface area contributed by atoms with Crippen LogP contribution in [-0.2, 0) is 0 Å². The SMILES string of the molecule is Fc1cccc(F)c1N1CCNCC(C(F)(F)F)C1. The monoisotopic (exact) mass is 280 g/mol. The number of hydrogen-bond acceptors (Lipinski definition) is 2. The van der Waals surface area contributed by atoms with E-state index < -0.39 is 30.3 Å². The van der Waals surface area contributed by atoms with Crippen LogP contribution in [0.25, 0.3) is 0 Å². The summed E-state index contributed by atoms with van der Waals surface area (Å²) in [6.07, 6.45) is -4.39. The molecular formula is C12H13F5N2. The van der Waals surface area contributed by atoms with Gasteiger partial charge < -0.3 is 10.2 Å². The number of para-hydroxylation sites is 1. The molecule has 1 aromatic rings. The fourth-order valence-corrected chi connectivity index (χ4v) is 2.13. The van der Waals surface area contributed by atoms with Crippen molar-refractivity contribution in [2.75, 3.05) is 31.1 Å². The Balaban J connectivity index is 2.28. The van der Waals surface area contributed by atoms with Crippen LogP contribution in [0.5, 0.6) is 0 Å².